The molecule has 1 aliphatic carbocycles. The van der Waals surface area contributed by atoms with Crippen molar-refractivity contribution < 1.29 is 4.79 Å². The van der Waals surface area contributed by atoms with Crippen molar-refractivity contribution in [3.63, 3.8) is 0 Å². The van der Waals surface area contributed by atoms with E-state index >= 15 is 0 Å². The molecule has 2 nitrogen and oxygen atoms in total. The van der Waals surface area contributed by atoms with Crippen LogP contribution in [0.3, 0.4) is 0 Å². The molecule has 0 amide bonds. The second kappa shape index (κ2) is 3.13. The van der Waals surface area contributed by atoms with Crippen molar-refractivity contribution in [3.8, 4) is 0 Å². The highest BCUT2D eigenvalue weighted by Gasteiger charge is 2.20. The first-order chi connectivity index (χ1) is 6.29. The van der Waals surface area contributed by atoms with E-state index in [0.29, 0.717) is 6.42 Å². The first kappa shape index (κ1) is 8.17. The van der Waals surface area contributed by atoms with Crippen LogP contribution in [0.1, 0.15) is 25.5 Å². The van der Waals surface area contributed by atoms with E-state index in [0.717, 1.165) is 23.3 Å². The number of hydrogen-bond donors (Lipinski definition) is 0. The minimum atomic E-state index is 0.264. The molecule has 1 aromatic rings. The molecule has 1 aliphatic rings. The maximum atomic E-state index is 11.3. The van der Waals surface area contributed by atoms with E-state index in [1.165, 1.54) is 0 Å². The molecule has 0 aliphatic heterocycles. The zero-order valence-electron chi connectivity index (χ0n) is 7.58. The summed E-state index contributed by atoms with van der Waals surface area (Å²) in [6.45, 7) is 1.89. The van der Waals surface area contributed by atoms with Crippen molar-refractivity contribution in [3.05, 3.63) is 35.7 Å². The number of pyridine rings is 1. The summed E-state index contributed by atoms with van der Waals surface area (Å²) in [5, 5.41) is 0. The Bertz CT molecular complexity index is 365. The van der Waals surface area contributed by atoms with Gasteiger partial charge in [0.2, 0.25) is 0 Å². The van der Waals surface area contributed by atoms with E-state index in [2.05, 4.69) is 4.98 Å². The highest BCUT2D eigenvalue weighted by molar-refractivity contribution is 6.06. The molecule has 0 saturated heterocycles. The Labute approximate surface area is 77.3 Å². The molecule has 0 radical (unpaired) electrons. The number of allylic oxidation sites excluding steroid dienone is 2. The molecule has 0 saturated carbocycles. The highest BCUT2D eigenvalue weighted by Crippen LogP contribution is 2.29. The minimum absolute atomic E-state index is 0.264. The maximum absolute atomic E-state index is 11.3. The van der Waals surface area contributed by atoms with Crippen LogP contribution in [-0.2, 0) is 4.79 Å². The fourth-order valence-electron chi connectivity index (χ4n) is 1.64. The van der Waals surface area contributed by atoms with E-state index in [1.807, 2.05) is 25.1 Å². The molecule has 2 heteroatoms. The molecule has 1 heterocycles. The molecule has 0 unspecified atom stereocenters. The molecule has 0 N–H and O–H groups in total. The summed E-state index contributed by atoms with van der Waals surface area (Å²) in [6.07, 6.45) is 3.26. The normalized spacial score (nSPS) is 16.8. The Morgan fingerprint density at radius 2 is 2.15 bits per heavy atom. The number of aromatic nitrogens is 1. The molecule has 0 fully saturated rings. The van der Waals surface area contributed by atoms with Gasteiger partial charge in [-0.2, -0.15) is 0 Å². The summed E-state index contributed by atoms with van der Waals surface area (Å²) in [5.41, 5.74) is 2.95. The van der Waals surface area contributed by atoms with Gasteiger partial charge in [0.1, 0.15) is 0 Å². The number of Topliss-reactive ketones (excluding diaryl/α,β-unsaturated/α-hetero) is 1. The number of carbonyl (C=O) groups is 1. The maximum Gasteiger partial charge on any atom is 0.159 e. The Balaban J connectivity index is 2.43. The van der Waals surface area contributed by atoms with Gasteiger partial charge in [-0.15, -0.1) is 0 Å². The second-order valence-electron chi connectivity index (χ2n) is 3.24. The van der Waals surface area contributed by atoms with E-state index in [4.69, 9.17) is 0 Å². The largest absolute Gasteiger partial charge is 0.295 e. The standard InChI is InChI=1S/C11H11NO/c1-8-9(5-6-11(8)13)10-4-2-3-7-12-10/h2-4,7H,5-6H2,1H3. The third-order valence-corrected chi connectivity index (χ3v) is 2.45. The van der Waals surface area contributed by atoms with E-state index in [-0.39, 0.29) is 5.78 Å². The topological polar surface area (TPSA) is 30.0 Å². The van der Waals surface area contributed by atoms with Gasteiger partial charge in [-0.3, -0.25) is 9.78 Å². The van der Waals surface area contributed by atoms with Crippen LogP contribution in [-0.4, -0.2) is 10.8 Å². The molecule has 13 heavy (non-hydrogen) atoms. The number of rotatable bonds is 1. The van der Waals surface area contributed by atoms with Gasteiger partial charge < -0.3 is 0 Å². The van der Waals surface area contributed by atoms with Crippen LogP contribution in [0.25, 0.3) is 5.57 Å². The first-order valence-electron chi connectivity index (χ1n) is 4.43. The van der Waals surface area contributed by atoms with Gasteiger partial charge in [0.15, 0.2) is 5.78 Å². The van der Waals surface area contributed by atoms with Crippen molar-refractivity contribution in [2.24, 2.45) is 0 Å². The number of nitrogens with zero attached hydrogens (tertiary/aromatic N) is 1. The summed E-state index contributed by atoms with van der Waals surface area (Å²) in [6, 6.07) is 5.79. The second-order valence-corrected chi connectivity index (χ2v) is 3.24. The molecular weight excluding hydrogens is 162 g/mol. The van der Waals surface area contributed by atoms with Crippen molar-refractivity contribution in [2.45, 2.75) is 19.8 Å². The van der Waals surface area contributed by atoms with Crippen LogP contribution in [0.2, 0.25) is 0 Å². The van der Waals surface area contributed by atoms with Gasteiger partial charge in [0.05, 0.1) is 5.69 Å². The first-order valence-corrected chi connectivity index (χ1v) is 4.43. The Kier molecular flexibility index (Phi) is 1.97. The molecule has 66 valence electrons. The smallest absolute Gasteiger partial charge is 0.159 e. The predicted molar refractivity (Wildman–Crippen MR) is 51.1 cm³/mol. The van der Waals surface area contributed by atoms with Crippen LogP contribution in [0.5, 0.6) is 0 Å². The molecule has 0 spiro atoms. The molecule has 2 rings (SSSR count). The molecule has 0 bridgehead atoms. The molecule has 1 aromatic heterocycles. The lowest BCUT2D eigenvalue weighted by Crippen LogP contribution is -1.91. The summed E-state index contributed by atoms with van der Waals surface area (Å²) >= 11 is 0. The van der Waals surface area contributed by atoms with E-state index in [1.54, 1.807) is 6.20 Å². The Morgan fingerprint density at radius 1 is 1.31 bits per heavy atom. The third kappa shape index (κ3) is 1.39. The Hall–Kier alpha value is -1.44. The van der Waals surface area contributed by atoms with Crippen molar-refractivity contribution in [1.29, 1.82) is 0 Å². The van der Waals surface area contributed by atoms with Crippen molar-refractivity contribution >= 4 is 11.4 Å². The average molecular weight is 173 g/mol. The molecular formula is C11H11NO. The van der Waals surface area contributed by atoms with Crippen molar-refractivity contribution in [2.75, 3.05) is 0 Å². The average Bonchev–Trinajstić information content (AvgIpc) is 2.49. The zero-order valence-corrected chi connectivity index (χ0v) is 7.58. The summed E-state index contributed by atoms with van der Waals surface area (Å²) in [7, 11) is 0. The Morgan fingerprint density at radius 3 is 2.69 bits per heavy atom. The fraction of sp³-hybridized carbons (Fsp3) is 0.273. The number of hydrogen-bond acceptors (Lipinski definition) is 2. The SMILES string of the molecule is CC1=C(c2ccccn2)CCC1=O. The van der Waals surface area contributed by atoms with Gasteiger partial charge in [0.25, 0.3) is 0 Å². The van der Waals surface area contributed by atoms with Crippen molar-refractivity contribution in [1.82, 2.24) is 4.98 Å². The quantitative estimate of drug-likeness (QED) is 0.651. The van der Waals surface area contributed by atoms with Gasteiger partial charge in [-0.25, -0.2) is 0 Å². The van der Waals surface area contributed by atoms with Crippen LogP contribution in [0.4, 0.5) is 0 Å². The third-order valence-electron chi connectivity index (χ3n) is 2.45. The zero-order chi connectivity index (χ0) is 9.26. The number of ketones is 1. The van der Waals surface area contributed by atoms with Gasteiger partial charge in [-0.1, -0.05) is 6.07 Å². The van der Waals surface area contributed by atoms with Gasteiger partial charge in [-0.05, 0) is 36.6 Å². The predicted octanol–water partition coefficient (Wildman–Crippen LogP) is 2.22. The minimum Gasteiger partial charge on any atom is -0.295 e. The van der Waals surface area contributed by atoms with Crippen LogP contribution in [0, 0.1) is 0 Å². The van der Waals surface area contributed by atoms with Gasteiger partial charge >= 0.3 is 0 Å². The summed E-state index contributed by atoms with van der Waals surface area (Å²) < 4.78 is 0. The highest BCUT2D eigenvalue weighted by atomic mass is 16.1. The summed E-state index contributed by atoms with van der Waals surface area (Å²) in [5.74, 6) is 0.264. The summed E-state index contributed by atoms with van der Waals surface area (Å²) in [4.78, 5) is 15.5. The van der Waals surface area contributed by atoms with Crippen LogP contribution < -0.4 is 0 Å². The van der Waals surface area contributed by atoms with Gasteiger partial charge in [0, 0.05) is 12.6 Å². The van der Waals surface area contributed by atoms with Crippen LogP contribution in [0.15, 0.2) is 30.0 Å². The van der Waals surface area contributed by atoms with E-state index < -0.39 is 0 Å². The van der Waals surface area contributed by atoms with Crippen LogP contribution >= 0.6 is 0 Å². The molecule has 0 aromatic carbocycles. The molecule has 0 atom stereocenters. The van der Waals surface area contributed by atoms with E-state index in [9.17, 15) is 4.79 Å². The number of carbonyl (C=O) groups excluding carboxylic acids is 1. The lowest BCUT2D eigenvalue weighted by Gasteiger charge is -2.00. The lowest BCUT2D eigenvalue weighted by atomic mass is 10.1. The lowest BCUT2D eigenvalue weighted by molar-refractivity contribution is -0.114. The fourth-order valence-corrected chi connectivity index (χ4v) is 1.64. The monoisotopic (exact) mass is 173 g/mol.